The van der Waals surface area contributed by atoms with Gasteiger partial charge in [-0.15, -0.1) is 5.10 Å². The molecule has 0 unspecified atom stereocenters. The molecule has 3 rings (SSSR count). The van der Waals surface area contributed by atoms with E-state index < -0.39 is 30.8 Å². The van der Waals surface area contributed by atoms with E-state index in [4.69, 9.17) is 5.11 Å². The van der Waals surface area contributed by atoms with Gasteiger partial charge < -0.3 is 14.6 Å². The molecule has 0 amide bonds. The second-order valence-corrected chi connectivity index (χ2v) is 5.76. The van der Waals surface area contributed by atoms with Crippen LogP contribution in [0.25, 0.3) is 17.1 Å². The number of alkyl halides is 5. The Hall–Kier alpha value is -3.54. The first-order chi connectivity index (χ1) is 14.1. The van der Waals surface area contributed by atoms with Crippen LogP contribution < -0.4 is 4.74 Å². The summed E-state index contributed by atoms with van der Waals surface area (Å²) in [4.78, 5) is 15.6. The van der Waals surface area contributed by atoms with Crippen LogP contribution in [0.1, 0.15) is 10.4 Å². The van der Waals surface area contributed by atoms with Crippen molar-refractivity contribution in [3.05, 3.63) is 60.4 Å². The van der Waals surface area contributed by atoms with Crippen molar-refractivity contribution in [3.63, 3.8) is 0 Å². The number of nitrogens with zero attached hydrogens (tertiary/aromatic N) is 3. The summed E-state index contributed by atoms with van der Waals surface area (Å²) in [6.07, 6.45) is -9.84. The summed E-state index contributed by atoms with van der Waals surface area (Å²) in [6, 6.07) is 10.3. The molecular formula is C18H12F5N3O4. The number of benzene rings is 2. The maximum Gasteiger partial charge on any atom is 0.499 e. The largest absolute Gasteiger partial charge is 0.499 e. The number of hydrogen-bond acceptors (Lipinski definition) is 6. The average Bonchev–Trinajstić information content (AvgIpc) is 3.18. The second kappa shape index (κ2) is 8.06. The number of aliphatic hydroxyl groups is 1. The Morgan fingerprint density at radius 2 is 1.63 bits per heavy atom. The summed E-state index contributed by atoms with van der Waals surface area (Å²) < 4.78 is 71.9. The number of aromatic nitrogens is 3. The summed E-state index contributed by atoms with van der Waals surface area (Å²) in [5.41, 5.74) is 1.08. The van der Waals surface area contributed by atoms with Gasteiger partial charge in [-0.1, -0.05) is 12.1 Å². The number of carbonyl (C=O) groups is 1. The van der Waals surface area contributed by atoms with Crippen LogP contribution in [0, 0.1) is 0 Å². The third-order valence-corrected chi connectivity index (χ3v) is 3.74. The van der Waals surface area contributed by atoms with E-state index in [2.05, 4.69) is 19.6 Å². The van der Waals surface area contributed by atoms with Crippen molar-refractivity contribution in [1.29, 1.82) is 0 Å². The minimum atomic E-state index is -5.84. The first kappa shape index (κ1) is 21.2. The van der Waals surface area contributed by atoms with E-state index in [0.717, 1.165) is 12.1 Å². The molecule has 0 bridgehead atoms. The van der Waals surface area contributed by atoms with E-state index in [1.807, 2.05) is 0 Å². The van der Waals surface area contributed by atoms with Crippen molar-refractivity contribution in [2.75, 3.05) is 6.79 Å². The average molecular weight is 429 g/mol. The smallest absolute Gasteiger partial charge is 0.435 e. The van der Waals surface area contributed by atoms with E-state index >= 15 is 0 Å². The third kappa shape index (κ3) is 4.54. The van der Waals surface area contributed by atoms with Crippen LogP contribution in [0.3, 0.4) is 0 Å². The Labute approximate surface area is 165 Å². The van der Waals surface area contributed by atoms with Crippen molar-refractivity contribution in [2.45, 2.75) is 12.3 Å². The monoisotopic (exact) mass is 429 g/mol. The maximum absolute atomic E-state index is 12.9. The molecule has 0 fully saturated rings. The minimum absolute atomic E-state index is 0.207. The molecule has 1 aromatic heterocycles. The standard InChI is InChI=1S/C18H12F5N3O4/c19-17(20,21)18(22,23)30-14-7-5-13(6-8-14)26-9-24-15(25-26)11-1-3-12(4-2-11)16(28)29-10-27/h1-9,27H,10H2. The minimum Gasteiger partial charge on any atom is -0.435 e. The molecule has 30 heavy (non-hydrogen) atoms. The molecule has 1 N–H and O–H groups in total. The summed E-state index contributed by atoms with van der Waals surface area (Å²) in [5.74, 6) is -1.12. The van der Waals surface area contributed by atoms with Gasteiger partial charge in [0.1, 0.15) is 12.1 Å². The first-order valence-corrected chi connectivity index (χ1v) is 8.15. The van der Waals surface area contributed by atoms with Gasteiger partial charge in [-0.05, 0) is 36.4 Å². The molecule has 0 aliphatic carbocycles. The van der Waals surface area contributed by atoms with E-state index in [-0.39, 0.29) is 11.4 Å². The summed E-state index contributed by atoms with van der Waals surface area (Å²) in [7, 11) is 0. The van der Waals surface area contributed by atoms with E-state index in [1.165, 1.54) is 35.3 Å². The zero-order valence-electron chi connectivity index (χ0n) is 14.8. The van der Waals surface area contributed by atoms with Crippen LogP contribution in [0.5, 0.6) is 5.75 Å². The summed E-state index contributed by atoms with van der Waals surface area (Å²) in [5, 5.41) is 12.8. The van der Waals surface area contributed by atoms with Crippen molar-refractivity contribution in [3.8, 4) is 22.8 Å². The van der Waals surface area contributed by atoms with Crippen LogP contribution >= 0.6 is 0 Å². The van der Waals surface area contributed by atoms with E-state index in [0.29, 0.717) is 11.3 Å². The Bertz CT molecular complexity index is 1020. The predicted octanol–water partition coefficient (Wildman–Crippen LogP) is 3.57. The first-order valence-electron chi connectivity index (χ1n) is 8.15. The number of esters is 1. The zero-order valence-corrected chi connectivity index (χ0v) is 14.8. The van der Waals surface area contributed by atoms with Crippen molar-refractivity contribution >= 4 is 5.97 Å². The van der Waals surface area contributed by atoms with Gasteiger partial charge in [0.15, 0.2) is 12.6 Å². The number of rotatable bonds is 6. The molecule has 0 saturated carbocycles. The van der Waals surface area contributed by atoms with Gasteiger partial charge in [-0.25, -0.2) is 14.5 Å². The van der Waals surface area contributed by atoms with Gasteiger partial charge in [0.05, 0.1) is 11.3 Å². The molecule has 0 aliphatic heterocycles. The van der Waals surface area contributed by atoms with Crippen molar-refractivity contribution < 1.29 is 41.3 Å². The second-order valence-electron chi connectivity index (χ2n) is 5.76. The molecular weight excluding hydrogens is 417 g/mol. The number of aliphatic hydroxyl groups excluding tert-OH is 1. The lowest BCUT2D eigenvalue weighted by Gasteiger charge is -2.20. The molecule has 0 saturated heterocycles. The van der Waals surface area contributed by atoms with Crippen LogP contribution in [0.4, 0.5) is 22.0 Å². The van der Waals surface area contributed by atoms with Gasteiger partial charge in [-0.2, -0.15) is 22.0 Å². The highest BCUT2D eigenvalue weighted by Gasteiger charge is 2.61. The molecule has 158 valence electrons. The summed E-state index contributed by atoms with van der Waals surface area (Å²) in [6.45, 7) is -0.746. The molecule has 1 heterocycles. The third-order valence-electron chi connectivity index (χ3n) is 3.74. The van der Waals surface area contributed by atoms with E-state index in [1.54, 1.807) is 12.1 Å². The van der Waals surface area contributed by atoms with Gasteiger partial charge in [0.2, 0.25) is 0 Å². The molecule has 0 atom stereocenters. The Morgan fingerprint density at radius 1 is 1.00 bits per heavy atom. The Morgan fingerprint density at radius 3 is 2.20 bits per heavy atom. The van der Waals surface area contributed by atoms with Crippen LogP contribution in [-0.2, 0) is 4.74 Å². The number of ether oxygens (including phenoxy) is 2. The lowest BCUT2D eigenvalue weighted by Crippen LogP contribution is -2.41. The van der Waals surface area contributed by atoms with Crippen molar-refractivity contribution in [1.82, 2.24) is 14.8 Å². The number of carbonyl (C=O) groups excluding carboxylic acids is 1. The van der Waals surface area contributed by atoms with Gasteiger partial charge in [0.25, 0.3) is 0 Å². The highest BCUT2D eigenvalue weighted by atomic mass is 19.4. The normalized spacial score (nSPS) is 11.9. The molecule has 2 aromatic carbocycles. The fraction of sp³-hybridized carbons (Fsp3) is 0.167. The van der Waals surface area contributed by atoms with Crippen LogP contribution in [0.2, 0.25) is 0 Å². The maximum atomic E-state index is 12.9. The summed E-state index contributed by atoms with van der Waals surface area (Å²) >= 11 is 0. The van der Waals surface area contributed by atoms with Gasteiger partial charge in [0, 0.05) is 5.56 Å². The number of halogens is 5. The molecule has 3 aromatic rings. The van der Waals surface area contributed by atoms with Gasteiger partial charge >= 0.3 is 18.3 Å². The molecule has 0 spiro atoms. The Balaban J connectivity index is 1.74. The molecule has 7 nitrogen and oxygen atoms in total. The Kier molecular flexibility index (Phi) is 5.69. The fourth-order valence-corrected chi connectivity index (χ4v) is 2.29. The van der Waals surface area contributed by atoms with Crippen molar-refractivity contribution in [2.24, 2.45) is 0 Å². The highest BCUT2D eigenvalue weighted by molar-refractivity contribution is 5.89. The highest BCUT2D eigenvalue weighted by Crippen LogP contribution is 2.37. The SMILES string of the molecule is O=C(OCO)c1ccc(-c2ncn(-c3ccc(OC(F)(F)C(F)(F)F)cc3)n2)cc1. The fourth-order valence-electron chi connectivity index (χ4n) is 2.29. The van der Waals surface area contributed by atoms with E-state index in [9.17, 15) is 26.7 Å². The molecule has 12 heteroatoms. The quantitative estimate of drug-likeness (QED) is 0.366. The predicted molar refractivity (Wildman–Crippen MR) is 90.9 cm³/mol. The molecule has 0 radical (unpaired) electrons. The lowest BCUT2D eigenvalue weighted by atomic mass is 10.1. The number of hydrogen-bond donors (Lipinski definition) is 1. The zero-order chi connectivity index (χ0) is 21.9. The molecule has 0 aliphatic rings. The van der Waals surface area contributed by atoms with Crippen LogP contribution in [-0.4, -0.2) is 44.9 Å². The lowest BCUT2D eigenvalue weighted by molar-refractivity contribution is -0.360. The van der Waals surface area contributed by atoms with Gasteiger partial charge in [-0.3, -0.25) is 0 Å². The topological polar surface area (TPSA) is 86.5 Å². The van der Waals surface area contributed by atoms with Crippen LogP contribution in [0.15, 0.2) is 54.9 Å².